The number of carbonyl (C=O) groups excluding carboxylic acids is 2. The first-order valence-corrected chi connectivity index (χ1v) is 13.9. The van der Waals surface area contributed by atoms with E-state index in [1.165, 1.54) is 0 Å². The molecule has 2 amide bonds. The lowest BCUT2D eigenvalue weighted by Gasteiger charge is -2.32. The Kier molecular flexibility index (Phi) is 9.88. The van der Waals surface area contributed by atoms with Crippen LogP contribution in [0.4, 0.5) is 0 Å². The van der Waals surface area contributed by atoms with Crippen molar-refractivity contribution >= 4 is 23.4 Å². The monoisotopic (exact) mass is 548 g/mol. The minimum Gasteiger partial charge on any atom is -0.497 e. The molecule has 0 saturated heterocycles. The molecular formula is C32H37ClN2O4. The molecule has 6 nitrogen and oxygen atoms in total. The number of rotatable bonds is 11. The number of hydrogen-bond acceptors (Lipinski definition) is 4. The highest BCUT2D eigenvalue weighted by Gasteiger charge is 2.32. The van der Waals surface area contributed by atoms with Crippen molar-refractivity contribution < 1.29 is 19.1 Å². The molecule has 0 spiro atoms. The highest BCUT2D eigenvalue weighted by molar-refractivity contribution is 6.32. The smallest absolute Gasteiger partial charge is 0.261 e. The van der Waals surface area contributed by atoms with Gasteiger partial charge >= 0.3 is 0 Å². The highest BCUT2D eigenvalue weighted by atomic mass is 35.5. The minimum atomic E-state index is -0.705. The predicted molar refractivity (Wildman–Crippen MR) is 154 cm³/mol. The lowest BCUT2D eigenvalue weighted by atomic mass is 10.0. The van der Waals surface area contributed by atoms with Crippen LogP contribution in [0.1, 0.15) is 47.9 Å². The molecule has 1 fully saturated rings. The molecule has 1 atom stereocenters. The molecule has 0 heterocycles. The van der Waals surface area contributed by atoms with Crippen LogP contribution in [0.25, 0.3) is 0 Å². The third-order valence-electron chi connectivity index (χ3n) is 7.23. The SMILES string of the molecule is COc1cccc(CN(C(=O)COc2cc(C)c(Cl)c(C)c2)[C@@H](Cc2ccccc2)C(=O)NC2CCCC2)c1. The summed E-state index contributed by atoms with van der Waals surface area (Å²) in [7, 11) is 1.61. The quantitative estimate of drug-likeness (QED) is 0.317. The lowest BCUT2D eigenvalue weighted by Crippen LogP contribution is -2.53. The number of carbonyl (C=O) groups is 2. The fourth-order valence-corrected chi connectivity index (χ4v) is 5.22. The van der Waals surface area contributed by atoms with Gasteiger partial charge in [0.1, 0.15) is 17.5 Å². The Hall–Kier alpha value is -3.51. The Labute approximate surface area is 236 Å². The molecule has 0 unspecified atom stereocenters. The summed E-state index contributed by atoms with van der Waals surface area (Å²) in [6, 6.07) is 20.5. The molecule has 0 aromatic heterocycles. The highest BCUT2D eigenvalue weighted by Crippen LogP contribution is 2.26. The van der Waals surface area contributed by atoms with Crippen LogP contribution >= 0.6 is 11.6 Å². The van der Waals surface area contributed by atoms with Crippen molar-refractivity contribution in [3.63, 3.8) is 0 Å². The van der Waals surface area contributed by atoms with Gasteiger partial charge in [0.05, 0.1) is 7.11 Å². The van der Waals surface area contributed by atoms with Crippen molar-refractivity contribution in [3.05, 3.63) is 94.0 Å². The van der Waals surface area contributed by atoms with Crippen LogP contribution in [-0.2, 0) is 22.6 Å². The van der Waals surface area contributed by atoms with Gasteiger partial charge in [-0.1, -0.05) is 66.9 Å². The van der Waals surface area contributed by atoms with Crippen LogP contribution in [0.2, 0.25) is 5.02 Å². The number of methoxy groups -OCH3 is 1. The van der Waals surface area contributed by atoms with Crippen LogP contribution in [0.5, 0.6) is 11.5 Å². The summed E-state index contributed by atoms with van der Waals surface area (Å²) < 4.78 is 11.4. The molecule has 0 bridgehead atoms. The number of halogens is 1. The summed E-state index contributed by atoms with van der Waals surface area (Å²) in [6.45, 7) is 3.85. The molecule has 0 aliphatic heterocycles. The van der Waals surface area contributed by atoms with E-state index >= 15 is 0 Å². The van der Waals surface area contributed by atoms with E-state index in [9.17, 15) is 9.59 Å². The maximum absolute atomic E-state index is 13.8. The molecule has 39 heavy (non-hydrogen) atoms. The Balaban J connectivity index is 1.63. The van der Waals surface area contributed by atoms with Crippen LogP contribution < -0.4 is 14.8 Å². The number of aryl methyl sites for hydroxylation is 2. The number of nitrogens with zero attached hydrogens (tertiary/aromatic N) is 1. The van der Waals surface area contributed by atoms with Crippen molar-refractivity contribution in [2.75, 3.05) is 13.7 Å². The van der Waals surface area contributed by atoms with E-state index in [1.54, 1.807) is 12.0 Å². The van der Waals surface area contributed by atoms with Crippen molar-refractivity contribution in [2.24, 2.45) is 0 Å². The van der Waals surface area contributed by atoms with Gasteiger partial charge in [0, 0.05) is 24.0 Å². The van der Waals surface area contributed by atoms with Gasteiger partial charge in [-0.3, -0.25) is 9.59 Å². The first-order chi connectivity index (χ1) is 18.8. The van der Waals surface area contributed by atoms with E-state index in [4.69, 9.17) is 21.1 Å². The number of amides is 2. The molecule has 7 heteroatoms. The number of nitrogens with one attached hydrogen (secondary N) is 1. The molecule has 0 radical (unpaired) electrons. The van der Waals surface area contributed by atoms with Gasteiger partial charge in [-0.05, 0) is 73.2 Å². The van der Waals surface area contributed by atoms with E-state index in [0.717, 1.165) is 47.9 Å². The van der Waals surface area contributed by atoms with Crippen molar-refractivity contribution in [1.82, 2.24) is 10.2 Å². The second-order valence-corrected chi connectivity index (χ2v) is 10.6. The molecular weight excluding hydrogens is 512 g/mol. The largest absolute Gasteiger partial charge is 0.497 e. The van der Waals surface area contributed by atoms with E-state index in [-0.39, 0.29) is 31.0 Å². The van der Waals surface area contributed by atoms with Crippen LogP contribution in [0.15, 0.2) is 66.7 Å². The zero-order valence-electron chi connectivity index (χ0n) is 22.9. The topological polar surface area (TPSA) is 67.9 Å². The second-order valence-electron chi connectivity index (χ2n) is 10.2. The molecule has 1 aliphatic rings. The van der Waals surface area contributed by atoms with E-state index in [0.29, 0.717) is 22.9 Å². The third-order valence-corrected chi connectivity index (χ3v) is 7.83. The Morgan fingerprint density at radius 2 is 1.62 bits per heavy atom. The van der Waals surface area contributed by atoms with Gasteiger partial charge in [-0.15, -0.1) is 0 Å². The predicted octanol–water partition coefficient (Wildman–Crippen LogP) is 6.04. The van der Waals surface area contributed by atoms with E-state index in [2.05, 4.69) is 5.32 Å². The van der Waals surface area contributed by atoms with Crippen molar-refractivity contribution in [1.29, 1.82) is 0 Å². The normalized spacial score (nSPS) is 14.1. The lowest BCUT2D eigenvalue weighted by molar-refractivity contribution is -0.143. The zero-order valence-corrected chi connectivity index (χ0v) is 23.7. The molecule has 206 valence electrons. The number of hydrogen-bond donors (Lipinski definition) is 1. The summed E-state index contributed by atoms with van der Waals surface area (Å²) in [4.78, 5) is 29.3. The molecule has 1 aliphatic carbocycles. The van der Waals surface area contributed by atoms with Gasteiger partial charge in [0.25, 0.3) is 5.91 Å². The number of benzene rings is 3. The van der Waals surface area contributed by atoms with Crippen LogP contribution in [0, 0.1) is 13.8 Å². The molecule has 1 saturated carbocycles. The minimum absolute atomic E-state index is 0.139. The third kappa shape index (κ3) is 7.76. The summed E-state index contributed by atoms with van der Waals surface area (Å²) in [5.74, 6) is 0.850. The van der Waals surface area contributed by atoms with Crippen molar-refractivity contribution in [3.8, 4) is 11.5 Å². The Morgan fingerprint density at radius 3 is 2.28 bits per heavy atom. The van der Waals surface area contributed by atoms with Crippen molar-refractivity contribution in [2.45, 2.75) is 64.6 Å². The Bertz CT molecular complexity index is 1250. The average Bonchev–Trinajstić information content (AvgIpc) is 3.45. The van der Waals surface area contributed by atoms with E-state index < -0.39 is 6.04 Å². The Morgan fingerprint density at radius 1 is 0.949 bits per heavy atom. The second kappa shape index (κ2) is 13.5. The summed E-state index contributed by atoms with van der Waals surface area (Å²) in [5.41, 5.74) is 3.61. The number of ether oxygens (including phenoxy) is 2. The zero-order chi connectivity index (χ0) is 27.8. The fourth-order valence-electron chi connectivity index (χ4n) is 5.11. The molecule has 3 aromatic carbocycles. The summed E-state index contributed by atoms with van der Waals surface area (Å²) in [6.07, 6.45) is 4.54. The standard InChI is InChI=1S/C32H37ClN2O4/c1-22-16-28(17-23(2)31(22)33)39-21-30(36)35(20-25-12-9-15-27(18-25)38-3)29(19-24-10-5-4-6-11-24)32(37)34-26-13-7-8-14-26/h4-6,9-12,15-18,26,29H,7-8,13-14,19-21H2,1-3H3,(H,34,37)/t29-/m0/s1. The van der Waals surface area contributed by atoms with Gasteiger partial charge in [-0.25, -0.2) is 0 Å². The van der Waals surface area contributed by atoms with Gasteiger partial charge in [0.2, 0.25) is 5.91 Å². The maximum atomic E-state index is 13.8. The van der Waals surface area contributed by atoms with Crippen LogP contribution in [-0.4, -0.2) is 42.5 Å². The molecule has 4 rings (SSSR count). The van der Waals surface area contributed by atoms with Gasteiger partial charge in [0.15, 0.2) is 6.61 Å². The maximum Gasteiger partial charge on any atom is 0.261 e. The summed E-state index contributed by atoms with van der Waals surface area (Å²) >= 11 is 6.32. The average molecular weight is 549 g/mol. The van der Waals surface area contributed by atoms with Crippen LogP contribution in [0.3, 0.4) is 0 Å². The first-order valence-electron chi connectivity index (χ1n) is 13.5. The first kappa shape index (κ1) is 28.5. The molecule has 3 aromatic rings. The molecule has 1 N–H and O–H groups in total. The summed E-state index contributed by atoms with van der Waals surface area (Å²) in [5, 5.41) is 3.91. The fraction of sp³-hybridized carbons (Fsp3) is 0.375. The van der Waals surface area contributed by atoms with E-state index in [1.807, 2.05) is 80.6 Å². The van der Waals surface area contributed by atoms with Gasteiger partial charge < -0.3 is 19.7 Å². The van der Waals surface area contributed by atoms with Gasteiger partial charge in [-0.2, -0.15) is 0 Å².